The first-order valence-electron chi connectivity index (χ1n) is 8.58. The molecule has 0 saturated heterocycles. The number of carbonyl (C=O) groups excluding carboxylic acids is 2. The standard InChI is InChI=1S/C21H26N2O2/c1-14(2)18-7-5-6-16(4)21(18)23-20(25)12-19(24)22-13-17-10-8-15(3)9-11-17/h5-11,14H,12-13H2,1-4H3,(H,22,24)(H,23,25). The topological polar surface area (TPSA) is 58.2 Å². The summed E-state index contributed by atoms with van der Waals surface area (Å²) in [6.45, 7) is 8.56. The van der Waals surface area contributed by atoms with E-state index in [9.17, 15) is 9.59 Å². The molecular formula is C21H26N2O2. The molecule has 2 amide bonds. The predicted molar refractivity (Wildman–Crippen MR) is 102 cm³/mol. The van der Waals surface area contributed by atoms with E-state index in [4.69, 9.17) is 0 Å². The molecule has 25 heavy (non-hydrogen) atoms. The van der Waals surface area contributed by atoms with E-state index in [-0.39, 0.29) is 18.2 Å². The highest BCUT2D eigenvalue weighted by atomic mass is 16.2. The smallest absolute Gasteiger partial charge is 0.233 e. The second-order valence-corrected chi connectivity index (χ2v) is 6.68. The van der Waals surface area contributed by atoms with Gasteiger partial charge in [0, 0.05) is 12.2 Å². The molecule has 2 rings (SSSR count). The molecule has 4 heteroatoms. The third kappa shape index (κ3) is 5.45. The number of hydrogen-bond donors (Lipinski definition) is 2. The van der Waals surface area contributed by atoms with Crippen LogP contribution in [0.25, 0.3) is 0 Å². The lowest BCUT2D eigenvalue weighted by atomic mass is 9.98. The van der Waals surface area contributed by atoms with Crippen molar-refractivity contribution in [3.05, 3.63) is 64.7 Å². The quantitative estimate of drug-likeness (QED) is 0.780. The number of amides is 2. The molecule has 0 aliphatic heterocycles. The van der Waals surface area contributed by atoms with E-state index in [0.717, 1.165) is 22.4 Å². The molecule has 0 radical (unpaired) electrons. The molecular weight excluding hydrogens is 312 g/mol. The zero-order valence-electron chi connectivity index (χ0n) is 15.3. The van der Waals surface area contributed by atoms with Crippen LogP contribution in [0, 0.1) is 13.8 Å². The Morgan fingerprint density at radius 1 is 0.960 bits per heavy atom. The summed E-state index contributed by atoms with van der Waals surface area (Å²) in [6, 6.07) is 13.9. The van der Waals surface area contributed by atoms with Crippen LogP contribution in [0.1, 0.15) is 48.4 Å². The highest BCUT2D eigenvalue weighted by molar-refractivity contribution is 6.04. The third-order valence-corrected chi connectivity index (χ3v) is 4.12. The van der Waals surface area contributed by atoms with E-state index in [1.807, 2.05) is 56.3 Å². The van der Waals surface area contributed by atoms with Gasteiger partial charge in [0.15, 0.2) is 0 Å². The van der Waals surface area contributed by atoms with E-state index in [1.54, 1.807) is 0 Å². The van der Waals surface area contributed by atoms with Crippen molar-refractivity contribution in [2.45, 2.75) is 46.6 Å². The minimum absolute atomic E-state index is 0.183. The number of anilines is 1. The largest absolute Gasteiger partial charge is 0.352 e. The van der Waals surface area contributed by atoms with Crippen LogP contribution < -0.4 is 10.6 Å². The van der Waals surface area contributed by atoms with Crippen molar-refractivity contribution in [3.8, 4) is 0 Å². The molecule has 0 aromatic heterocycles. The minimum Gasteiger partial charge on any atom is -0.352 e. The Kier molecular flexibility index (Phi) is 6.34. The Hall–Kier alpha value is -2.62. The van der Waals surface area contributed by atoms with Gasteiger partial charge >= 0.3 is 0 Å². The number of para-hydroxylation sites is 1. The minimum atomic E-state index is -0.294. The van der Waals surface area contributed by atoms with Gasteiger partial charge in [-0.2, -0.15) is 0 Å². The summed E-state index contributed by atoms with van der Waals surface area (Å²) in [5, 5.41) is 5.68. The molecule has 132 valence electrons. The van der Waals surface area contributed by atoms with Crippen LogP contribution >= 0.6 is 0 Å². The van der Waals surface area contributed by atoms with Crippen molar-refractivity contribution in [1.82, 2.24) is 5.32 Å². The predicted octanol–water partition coefficient (Wildman–Crippen LogP) is 4.07. The first-order chi connectivity index (χ1) is 11.9. The van der Waals surface area contributed by atoms with Crippen molar-refractivity contribution in [1.29, 1.82) is 0 Å². The summed E-state index contributed by atoms with van der Waals surface area (Å²) < 4.78 is 0. The monoisotopic (exact) mass is 338 g/mol. The van der Waals surface area contributed by atoms with E-state index < -0.39 is 0 Å². The summed E-state index contributed by atoms with van der Waals surface area (Å²) in [5.74, 6) is -0.277. The molecule has 2 aromatic rings. The van der Waals surface area contributed by atoms with Gasteiger partial charge in [-0.05, 0) is 36.5 Å². The van der Waals surface area contributed by atoms with Crippen molar-refractivity contribution < 1.29 is 9.59 Å². The van der Waals surface area contributed by atoms with Gasteiger partial charge in [-0.3, -0.25) is 9.59 Å². The third-order valence-electron chi connectivity index (χ3n) is 4.12. The molecule has 0 fully saturated rings. The second-order valence-electron chi connectivity index (χ2n) is 6.68. The average Bonchev–Trinajstić information content (AvgIpc) is 2.56. The van der Waals surface area contributed by atoms with Crippen LogP contribution in [0.3, 0.4) is 0 Å². The maximum Gasteiger partial charge on any atom is 0.233 e. The summed E-state index contributed by atoms with van der Waals surface area (Å²) in [7, 11) is 0. The highest BCUT2D eigenvalue weighted by Crippen LogP contribution is 2.27. The lowest BCUT2D eigenvalue weighted by molar-refractivity contribution is -0.126. The second kappa shape index (κ2) is 8.47. The molecule has 4 nitrogen and oxygen atoms in total. The van der Waals surface area contributed by atoms with Gasteiger partial charge in [-0.25, -0.2) is 0 Å². The fraction of sp³-hybridized carbons (Fsp3) is 0.333. The summed E-state index contributed by atoms with van der Waals surface area (Å²) >= 11 is 0. The Morgan fingerprint density at radius 2 is 1.64 bits per heavy atom. The van der Waals surface area contributed by atoms with Crippen LogP contribution in [-0.4, -0.2) is 11.8 Å². The van der Waals surface area contributed by atoms with Gasteiger partial charge in [-0.1, -0.05) is 61.9 Å². The average molecular weight is 338 g/mol. The highest BCUT2D eigenvalue weighted by Gasteiger charge is 2.14. The molecule has 0 atom stereocenters. The fourth-order valence-electron chi connectivity index (χ4n) is 2.64. The number of rotatable bonds is 6. The number of hydrogen-bond acceptors (Lipinski definition) is 2. The first-order valence-corrected chi connectivity index (χ1v) is 8.58. The summed E-state index contributed by atoms with van der Waals surface area (Å²) in [6.07, 6.45) is -0.183. The van der Waals surface area contributed by atoms with Crippen LogP contribution in [0.4, 0.5) is 5.69 Å². The molecule has 0 heterocycles. The number of benzene rings is 2. The SMILES string of the molecule is Cc1ccc(CNC(=O)CC(=O)Nc2c(C)cccc2C(C)C)cc1. The van der Waals surface area contributed by atoms with Gasteiger partial charge in [-0.15, -0.1) is 0 Å². The van der Waals surface area contributed by atoms with Crippen LogP contribution in [0.15, 0.2) is 42.5 Å². The Balaban J connectivity index is 1.92. The Labute approximate surface area is 149 Å². The fourth-order valence-corrected chi connectivity index (χ4v) is 2.64. The van der Waals surface area contributed by atoms with Gasteiger partial charge < -0.3 is 10.6 Å². The number of aryl methyl sites for hydroxylation is 2. The van der Waals surface area contributed by atoms with Crippen molar-refractivity contribution in [2.24, 2.45) is 0 Å². The molecule has 0 aliphatic rings. The Morgan fingerprint density at radius 3 is 2.28 bits per heavy atom. The maximum absolute atomic E-state index is 12.2. The summed E-state index contributed by atoms with van der Waals surface area (Å²) in [5.41, 5.74) is 5.08. The van der Waals surface area contributed by atoms with Crippen LogP contribution in [0.5, 0.6) is 0 Å². The van der Waals surface area contributed by atoms with Gasteiger partial charge in [0.1, 0.15) is 6.42 Å². The lowest BCUT2D eigenvalue weighted by Crippen LogP contribution is -2.28. The summed E-state index contributed by atoms with van der Waals surface area (Å²) in [4.78, 5) is 24.2. The van der Waals surface area contributed by atoms with Crippen molar-refractivity contribution in [3.63, 3.8) is 0 Å². The molecule has 0 spiro atoms. The maximum atomic E-state index is 12.2. The van der Waals surface area contributed by atoms with Crippen LogP contribution in [0.2, 0.25) is 0 Å². The lowest BCUT2D eigenvalue weighted by Gasteiger charge is -2.16. The normalized spacial score (nSPS) is 10.6. The zero-order valence-corrected chi connectivity index (χ0v) is 15.3. The molecule has 0 aliphatic carbocycles. The molecule has 2 aromatic carbocycles. The number of nitrogens with one attached hydrogen (secondary N) is 2. The molecule has 0 unspecified atom stereocenters. The van der Waals surface area contributed by atoms with E-state index >= 15 is 0 Å². The van der Waals surface area contributed by atoms with E-state index in [0.29, 0.717) is 12.5 Å². The van der Waals surface area contributed by atoms with Crippen LogP contribution in [-0.2, 0) is 16.1 Å². The van der Waals surface area contributed by atoms with Gasteiger partial charge in [0.05, 0.1) is 0 Å². The van der Waals surface area contributed by atoms with Crippen molar-refractivity contribution >= 4 is 17.5 Å². The first kappa shape index (κ1) is 18.7. The van der Waals surface area contributed by atoms with E-state index in [1.165, 1.54) is 5.56 Å². The van der Waals surface area contributed by atoms with Gasteiger partial charge in [0.2, 0.25) is 11.8 Å². The van der Waals surface area contributed by atoms with E-state index in [2.05, 4.69) is 24.5 Å². The molecule has 2 N–H and O–H groups in total. The molecule has 0 saturated carbocycles. The number of carbonyl (C=O) groups is 2. The van der Waals surface area contributed by atoms with Gasteiger partial charge in [0.25, 0.3) is 0 Å². The molecule has 0 bridgehead atoms. The Bertz CT molecular complexity index is 749. The zero-order chi connectivity index (χ0) is 18.4. The van der Waals surface area contributed by atoms with Crippen molar-refractivity contribution in [2.75, 3.05) is 5.32 Å².